The van der Waals surface area contributed by atoms with E-state index < -0.39 is 6.10 Å². The van der Waals surface area contributed by atoms with Crippen LogP contribution in [0.3, 0.4) is 0 Å². The van der Waals surface area contributed by atoms with E-state index in [-0.39, 0.29) is 0 Å². The van der Waals surface area contributed by atoms with Crippen LogP contribution in [0.15, 0.2) is 36.5 Å². The summed E-state index contributed by atoms with van der Waals surface area (Å²) < 4.78 is 5.64. The van der Waals surface area contributed by atoms with E-state index in [4.69, 9.17) is 9.72 Å². The third-order valence-corrected chi connectivity index (χ3v) is 4.45. The Morgan fingerprint density at radius 2 is 2.04 bits per heavy atom. The first-order chi connectivity index (χ1) is 12.1. The van der Waals surface area contributed by atoms with E-state index in [9.17, 15) is 5.11 Å². The fraction of sp³-hybridized carbons (Fsp3) is 0.500. The van der Waals surface area contributed by atoms with Crippen LogP contribution in [0.4, 0.5) is 0 Å². The quantitative estimate of drug-likeness (QED) is 0.839. The van der Waals surface area contributed by atoms with Crippen LogP contribution < -0.4 is 0 Å². The summed E-state index contributed by atoms with van der Waals surface area (Å²) in [7, 11) is 0. The van der Waals surface area contributed by atoms with Crippen LogP contribution in [-0.4, -0.2) is 45.8 Å². The average molecular weight is 341 g/mol. The van der Waals surface area contributed by atoms with E-state index in [1.54, 1.807) is 0 Å². The van der Waals surface area contributed by atoms with Crippen molar-refractivity contribution in [3.63, 3.8) is 0 Å². The molecule has 134 valence electrons. The average Bonchev–Trinajstić information content (AvgIpc) is 2.62. The summed E-state index contributed by atoms with van der Waals surface area (Å²) in [5.74, 6) is 1.23. The molecule has 1 N–H and O–H groups in total. The Bertz CT molecular complexity index is 676. The van der Waals surface area contributed by atoms with Crippen molar-refractivity contribution in [2.45, 2.75) is 45.4 Å². The molecule has 0 radical (unpaired) electrons. The number of β-amino-alcohol motifs (C(OH)–C–C–N with tert-alkyl or cyclic N) is 1. The van der Waals surface area contributed by atoms with Crippen molar-refractivity contribution in [2.24, 2.45) is 0 Å². The summed E-state index contributed by atoms with van der Waals surface area (Å²) in [6.07, 6.45) is 2.41. The summed E-state index contributed by atoms with van der Waals surface area (Å²) in [6.45, 7) is 7.40. The van der Waals surface area contributed by atoms with Crippen molar-refractivity contribution in [1.29, 1.82) is 0 Å². The zero-order valence-electron chi connectivity index (χ0n) is 15.1. The van der Waals surface area contributed by atoms with Gasteiger partial charge in [0.2, 0.25) is 0 Å². The maximum atomic E-state index is 10.3. The third kappa shape index (κ3) is 5.08. The maximum absolute atomic E-state index is 10.3. The second-order valence-electron chi connectivity index (χ2n) is 6.99. The minimum absolute atomic E-state index is 0.331. The van der Waals surface area contributed by atoms with Gasteiger partial charge in [-0.1, -0.05) is 44.2 Å². The van der Waals surface area contributed by atoms with Crippen molar-refractivity contribution in [1.82, 2.24) is 14.9 Å². The predicted octanol–water partition coefficient (Wildman–Crippen LogP) is 2.54. The molecule has 5 heteroatoms. The van der Waals surface area contributed by atoms with Crippen LogP contribution in [0.5, 0.6) is 0 Å². The smallest absolute Gasteiger partial charge is 0.131 e. The van der Waals surface area contributed by atoms with E-state index in [1.807, 2.05) is 36.5 Å². The van der Waals surface area contributed by atoms with Crippen LogP contribution in [0, 0.1) is 0 Å². The molecule has 1 aliphatic rings. The second-order valence-corrected chi connectivity index (χ2v) is 6.99. The van der Waals surface area contributed by atoms with Crippen LogP contribution in [0.1, 0.15) is 42.4 Å². The molecule has 0 saturated carbocycles. The first-order valence-corrected chi connectivity index (χ1v) is 8.98. The molecule has 0 spiro atoms. The SMILES string of the molecule is CC(C)c1ncc2c(n1)CN(C[C@@H](O)COCc1ccccc1)CC2. The van der Waals surface area contributed by atoms with E-state index in [1.165, 1.54) is 5.56 Å². The number of fused-ring (bicyclic) bond motifs is 1. The highest BCUT2D eigenvalue weighted by Crippen LogP contribution is 2.19. The lowest BCUT2D eigenvalue weighted by Gasteiger charge is -2.29. The normalized spacial score (nSPS) is 16.0. The molecule has 0 saturated heterocycles. The van der Waals surface area contributed by atoms with Crippen molar-refractivity contribution < 1.29 is 9.84 Å². The molecule has 25 heavy (non-hydrogen) atoms. The van der Waals surface area contributed by atoms with Gasteiger partial charge >= 0.3 is 0 Å². The Balaban J connectivity index is 1.48. The van der Waals surface area contributed by atoms with E-state index in [2.05, 4.69) is 23.7 Å². The lowest BCUT2D eigenvalue weighted by atomic mass is 10.1. The molecule has 0 aliphatic carbocycles. The number of aliphatic hydroxyl groups excluding tert-OH is 1. The van der Waals surface area contributed by atoms with Gasteiger partial charge in [0.15, 0.2) is 0 Å². The van der Waals surface area contributed by atoms with E-state index in [0.29, 0.717) is 25.7 Å². The summed E-state index contributed by atoms with van der Waals surface area (Å²) >= 11 is 0. The standard InChI is InChI=1S/C20H27N3O2/c1-15(2)20-21-10-17-8-9-23(12-19(17)22-20)11-18(24)14-25-13-16-6-4-3-5-7-16/h3-7,10,15,18,24H,8-9,11-14H2,1-2H3/t18-/m1/s1. The minimum Gasteiger partial charge on any atom is -0.389 e. The molecule has 0 unspecified atom stereocenters. The van der Waals surface area contributed by atoms with E-state index in [0.717, 1.165) is 36.6 Å². The van der Waals surface area contributed by atoms with Crippen LogP contribution in [-0.2, 0) is 24.3 Å². The van der Waals surface area contributed by atoms with Gasteiger partial charge in [-0.2, -0.15) is 0 Å². The number of aliphatic hydroxyl groups is 1. The minimum atomic E-state index is -0.489. The molecule has 1 aromatic heterocycles. The first kappa shape index (κ1) is 18.0. The summed E-state index contributed by atoms with van der Waals surface area (Å²) in [5.41, 5.74) is 3.46. The highest BCUT2D eigenvalue weighted by molar-refractivity contribution is 5.21. The molecule has 2 heterocycles. The number of ether oxygens (including phenoxy) is 1. The third-order valence-electron chi connectivity index (χ3n) is 4.45. The van der Waals surface area contributed by atoms with Crippen LogP contribution in [0.25, 0.3) is 0 Å². The maximum Gasteiger partial charge on any atom is 0.131 e. The Morgan fingerprint density at radius 3 is 2.80 bits per heavy atom. The number of hydrogen-bond donors (Lipinski definition) is 1. The van der Waals surface area contributed by atoms with Gasteiger partial charge < -0.3 is 9.84 Å². The molecule has 1 aliphatic heterocycles. The highest BCUT2D eigenvalue weighted by atomic mass is 16.5. The molecule has 0 bridgehead atoms. The van der Waals surface area contributed by atoms with Gasteiger partial charge in [0.1, 0.15) is 5.82 Å². The molecule has 1 aromatic carbocycles. The van der Waals surface area contributed by atoms with E-state index >= 15 is 0 Å². The number of benzene rings is 1. The number of nitrogens with zero attached hydrogens (tertiary/aromatic N) is 3. The zero-order chi connectivity index (χ0) is 17.6. The highest BCUT2D eigenvalue weighted by Gasteiger charge is 2.21. The van der Waals surface area contributed by atoms with Gasteiger partial charge in [-0.15, -0.1) is 0 Å². The van der Waals surface area contributed by atoms with Crippen LogP contribution >= 0.6 is 0 Å². The van der Waals surface area contributed by atoms with Gasteiger partial charge in [0.25, 0.3) is 0 Å². The molecule has 0 amide bonds. The molecule has 5 nitrogen and oxygen atoms in total. The molecular formula is C20H27N3O2. The molecular weight excluding hydrogens is 314 g/mol. The van der Waals surface area contributed by atoms with Gasteiger partial charge in [0.05, 0.1) is 25.0 Å². The molecule has 1 atom stereocenters. The number of aromatic nitrogens is 2. The second kappa shape index (κ2) is 8.52. The Kier molecular flexibility index (Phi) is 6.13. The van der Waals surface area contributed by atoms with Crippen molar-refractivity contribution >= 4 is 0 Å². The molecule has 3 rings (SSSR count). The van der Waals surface area contributed by atoms with Gasteiger partial charge in [-0.05, 0) is 17.5 Å². The fourth-order valence-electron chi connectivity index (χ4n) is 3.04. The summed E-state index contributed by atoms with van der Waals surface area (Å²) in [4.78, 5) is 11.4. The molecule has 2 aromatic rings. The van der Waals surface area contributed by atoms with Gasteiger partial charge in [0, 0.05) is 31.7 Å². The van der Waals surface area contributed by atoms with Gasteiger partial charge in [-0.3, -0.25) is 4.90 Å². The van der Waals surface area contributed by atoms with Crippen molar-refractivity contribution in [3.05, 3.63) is 59.2 Å². The predicted molar refractivity (Wildman–Crippen MR) is 97.2 cm³/mol. The van der Waals surface area contributed by atoms with Crippen molar-refractivity contribution in [2.75, 3.05) is 19.7 Å². The Hall–Kier alpha value is -1.82. The zero-order valence-corrected chi connectivity index (χ0v) is 15.1. The van der Waals surface area contributed by atoms with Crippen LogP contribution in [0.2, 0.25) is 0 Å². The summed E-state index contributed by atoms with van der Waals surface area (Å²) in [5, 5.41) is 10.3. The lowest BCUT2D eigenvalue weighted by molar-refractivity contribution is 0.00747. The summed E-state index contributed by atoms with van der Waals surface area (Å²) in [6, 6.07) is 10.0. The topological polar surface area (TPSA) is 58.5 Å². The fourth-order valence-corrected chi connectivity index (χ4v) is 3.04. The largest absolute Gasteiger partial charge is 0.389 e. The molecule has 0 fully saturated rings. The number of hydrogen-bond acceptors (Lipinski definition) is 5. The Morgan fingerprint density at radius 1 is 1.24 bits per heavy atom. The lowest BCUT2D eigenvalue weighted by Crippen LogP contribution is -2.39. The Labute approximate surface area is 149 Å². The monoisotopic (exact) mass is 341 g/mol. The first-order valence-electron chi connectivity index (χ1n) is 8.98. The van der Waals surface area contributed by atoms with Crippen molar-refractivity contribution in [3.8, 4) is 0 Å². The number of rotatable bonds is 7. The van der Waals surface area contributed by atoms with Gasteiger partial charge in [-0.25, -0.2) is 9.97 Å².